The van der Waals surface area contributed by atoms with Gasteiger partial charge in [0.2, 0.25) is 0 Å². The van der Waals surface area contributed by atoms with E-state index >= 15 is 0 Å². The molecule has 1 aromatic carbocycles. The molecular weight excluding hydrogens is 197 g/mol. The first-order valence-electron chi connectivity index (χ1n) is 4.85. The molecule has 0 amide bonds. The van der Waals surface area contributed by atoms with Gasteiger partial charge in [-0.2, -0.15) is 0 Å². The predicted octanol–water partition coefficient (Wildman–Crippen LogP) is 2.15. The van der Waals surface area contributed by atoms with Crippen molar-refractivity contribution in [3.8, 4) is 0 Å². The number of nitrogen functional groups attached to an aromatic ring is 1. The number of esters is 1. The quantitative estimate of drug-likeness (QED) is 0.615. The molecule has 0 fully saturated rings. The van der Waals surface area contributed by atoms with Crippen molar-refractivity contribution in [2.45, 2.75) is 20.3 Å². The third-order valence-electron chi connectivity index (χ3n) is 2.09. The van der Waals surface area contributed by atoms with Gasteiger partial charge in [-0.15, -0.1) is 0 Å². The average molecular weight is 211 g/mol. The summed E-state index contributed by atoms with van der Waals surface area (Å²) in [5.74, 6) is -1.01. The Morgan fingerprint density at radius 1 is 1.47 bits per heavy atom. The summed E-state index contributed by atoms with van der Waals surface area (Å²) in [6.45, 7) is 3.75. The smallest absolute Gasteiger partial charge is 0.340 e. The van der Waals surface area contributed by atoms with E-state index in [1.54, 1.807) is 6.92 Å². The molecule has 0 aliphatic carbocycles. The van der Waals surface area contributed by atoms with Crippen molar-refractivity contribution in [3.63, 3.8) is 0 Å². The van der Waals surface area contributed by atoms with Crippen molar-refractivity contribution in [3.05, 3.63) is 29.1 Å². The van der Waals surface area contributed by atoms with E-state index < -0.39 is 11.8 Å². The van der Waals surface area contributed by atoms with E-state index in [1.165, 1.54) is 6.07 Å². The maximum absolute atomic E-state index is 13.4. The van der Waals surface area contributed by atoms with Crippen LogP contribution in [0.15, 0.2) is 12.1 Å². The molecule has 0 saturated carbocycles. The third-order valence-corrected chi connectivity index (χ3v) is 2.09. The number of hydrogen-bond acceptors (Lipinski definition) is 3. The minimum atomic E-state index is -0.587. The zero-order chi connectivity index (χ0) is 11.4. The van der Waals surface area contributed by atoms with Gasteiger partial charge in [-0.05, 0) is 31.0 Å². The molecule has 0 heterocycles. The first-order valence-corrected chi connectivity index (χ1v) is 4.85. The Labute approximate surface area is 88.0 Å². The second-order valence-corrected chi connectivity index (χ2v) is 3.10. The number of ether oxygens (including phenoxy) is 1. The second kappa shape index (κ2) is 4.77. The van der Waals surface area contributed by atoms with Crippen molar-refractivity contribution < 1.29 is 13.9 Å². The Bertz CT molecular complexity index is 377. The van der Waals surface area contributed by atoms with Gasteiger partial charge in [0.1, 0.15) is 5.82 Å². The number of nitrogens with two attached hydrogens (primary N) is 1. The third kappa shape index (κ3) is 2.46. The lowest BCUT2D eigenvalue weighted by Crippen LogP contribution is -2.09. The molecule has 1 aromatic rings. The molecule has 0 radical (unpaired) electrons. The topological polar surface area (TPSA) is 52.3 Å². The highest BCUT2D eigenvalue weighted by molar-refractivity contribution is 5.95. The number of carbonyl (C=O) groups is 1. The Balaban J connectivity index is 3.10. The number of hydrogen-bond donors (Lipinski definition) is 1. The molecule has 0 atom stereocenters. The fourth-order valence-electron chi connectivity index (χ4n) is 1.29. The standard InChI is InChI=1S/C11H14FNO2/c1-3-7-5-10(13)8(6-9(7)12)11(14)15-4-2/h5-6H,3-4,13H2,1-2H3. The van der Waals surface area contributed by atoms with Gasteiger partial charge < -0.3 is 10.5 Å². The number of carbonyl (C=O) groups excluding carboxylic acids is 1. The lowest BCUT2D eigenvalue weighted by molar-refractivity contribution is 0.0527. The SMILES string of the molecule is CCOC(=O)c1cc(F)c(CC)cc1N. The van der Waals surface area contributed by atoms with Crippen molar-refractivity contribution >= 4 is 11.7 Å². The summed E-state index contributed by atoms with van der Waals surface area (Å²) >= 11 is 0. The average Bonchev–Trinajstić information content (AvgIpc) is 2.21. The number of halogens is 1. The fourth-order valence-corrected chi connectivity index (χ4v) is 1.29. The molecule has 0 saturated heterocycles. The molecule has 3 nitrogen and oxygen atoms in total. The number of benzene rings is 1. The van der Waals surface area contributed by atoms with Gasteiger partial charge >= 0.3 is 5.97 Å². The Morgan fingerprint density at radius 3 is 2.67 bits per heavy atom. The van der Waals surface area contributed by atoms with Gasteiger partial charge in [-0.3, -0.25) is 0 Å². The van der Waals surface area contributed by atoms with Crippen LogP contribution in [0.4, 0.5) is 10.1 Å². The van der Waals surface area contributed by atoms with Crippen LogP contribution in [-0.2, 0) is 11.2 Å². The lowest BCUT2D eigenvalue weighted by atomic mass is 10.1. The predicted molar refractivity (Wildman–Crippen MR) is 56.1 cm³/mol. The molecule has 2 N–H and O–H groups in total. The van der Waals surface area contributed by atoms with E-state index in [9.17, 15) is 9.18 Å². The van der Waals surface area contributed by atoms with E-state index in [0.717, 1.165) is 6.07 Å². The Morgan fingerprint density at radius 2 is 2.13 bits per heavy atom. The van der Waals surface area contributed by atoms with Gasteiger partial charge in [-0.25, -0.2) is 9.18 Å². The molecular formula is C11H14FNO2. The maximum Gasteiger partial charge on any atom is 0.340 e. The van der Waals surface area contributed by atoms with Crippen LogP contribution in [0, 0.1) is 5.82 Å². The van der Waals surface area contributed by atoms with Crippen LogP contribution in [0.25, 0.3) is 0 Å². The summed E-state index contributed by atoms with van der Waals surface area (Å²) in [5, 5.41) is 0. The highest BCUT2D eigenvalue weighted by atomic mass is 19.1. The van der Waals surface area contributed by atoms with Crippen LogP contribution in [-0.4, -0.2) is 12.6 Å². The molecule has 0 unspecified atom stereocenters. The molecule has 0 aliphatic heterocycles. The molecule has 4 heteroatoms. The monoisotopic (exact) mass is 211 g/mol. The zero-order valence-electron chi connectivity index (χ0n) is 8.84. The highest BCUT2D eigenvalue weighted by Crippen LogP contribution is 2.19. The lowest BCUT2D eigenvalue weighted by Gasteiger charge is -2.07. The summed E-state index contributed by atoms with van der Waals surface area (Å²) in [6, 6.07) is 2.60. The molecule has 15 heavy (non-hydrogen) atoms. The molecule has 82 valence electrons. The van der Waals surface area contributed by atoms with E-state index in [2.05, 4.69) is 0 Å². The van der Waals surface area contributed by atoms with Crippen molar-refractivity contribution in [2.24, 2.45) is 0 Å². The minimum Gasteiger partial charge on any atom is -0.462 e. The van der Waals surface area contributed by atoms with Crippen LogP contribution < -0.4 is 5.73 Å². The van der Waals surface area contributed by atoms with Crippen molar-refractivity contribution in [2.75, 3.05) is 12.3 Å². The number of aryl methyl sites for hydroxylation is 1. The van der Waals surface area contributed by atoms with E-state index in [4.69, 9.17) is 10.5 Å². The van der Waals surface area contributed by atoms with Crippen LogP contribution >= 0.6 is 0 Å². The van der Waals surface area contributed by atoms with Crippen molar-refractivity contribution in [1.29, 1.82) is 0 Å². The molecule has 0 bridgehead atoms. The van der Waals surface area contributed by atoms with Crippen LogP contribution in [0.3, 0.4) is 0 Å². The normalized spacial score (nSPS) is 10.1. The highest BCUT2D eigenvalue weighted by Gasteiger charge is 2.14. The number of anilines is 1. The van der Waals surface area contributed by atoms with Gasteiger partial charge in [0, 0.05) is 5.69 Å². The fraction of sp³-hybridized carbons (Fsp3) is 0.364. The molecule has 1 rings (SSSR count). The van der Waals surface area contributed by atoms with Gasteiger partial charge in [0.25, 0.3) is 0 Å². The van der Waals surface area contributed by atoms with Gasteiger partial charge in [0.05, 0.1) is 12.2 Å². The summed E-state index contributed by atoms with van der Waals surface area (Å²) in [4.78, 5) is 11.3. The second-order valence-electron chi connectivity index (χ2n) is 3.10. The van der Waals surface area contributed by atoms with E-state index in [1.807, 2.05) is 6.92 Å². The molecule has 0 aliphatic rings. The number of rotatable bonds is 3. The zero-order valence-corrected chi connectivity index (χ0v) is 8.84. The van der Waals surface area contributed by atoms with E-state index in [0.29, 0.717) is 12.0 Å². The van der Waals surface area contributed by atoms with Gasteiger partial charge in [-0.1, -0.05) is 6.92 Å². The first kappa shape index (κ1) is 11.5. The van der Waals surface area contributed by atoms with Gasteiger partial charge in [0.15, 0.2) is 0 Å². The first-order chi connectivity index (χ1) is 7.10. The Hall–Kier alpha value is -1.58. The summed E-state index contributed by atoms with van der Waals surface area (Å²) < 4.78 is 18.1. The van der Waals surface area contributed by atoms with Crippen LogP contribution in [0.2, 0.25) is 0 Å². The van der Waals surface area contributed by atoms with E-state index in [-0.39, 0.29) is 17.9 Å². The summed E-state index contributed by atoms with van der Waals surface area (Å²) in [5.41, 5.74) is 6.48. The van der Waals surface area contributed by atoms with Crippen LogP contribution in [0.5, 0.6) is 0 Å². The molecule has 0 spiro atoms. The largest absolute Gasteiger partial charge is 0.462 e. The summed E-state index contributed by atoms with van der Waals surface area (Å²) in [6.07, 6.45) is 0.541. The summed E-state index contributed by atoms with van der Waals surface area (Å²) in [7, 11) is 0. The van der Waals surface area contributed by atoms with Crippen LogP contribution in [0.1, 0.15) is 29.8 Å². The minimum absolute atomic E-state index is 0.0894. The van der Waals surface area contributed by atoms with Crippen molar-refractivity contribution in [1.82, 2.24) is 0 Å². The Kier molecular flexibility index (Phi) is 3.66. The molecule has 0 aromatic heterocycles. The maximum atomic E-state index is 13.4.